The number of nitrogen functional groups attached to an aromatic ring is 1. The van der Waals surface area contributed by atoms with Crippen LogP contribution < -0.4 is 15.8 Å². The summed E-state index contributed by atoms with van der Waals surface area (Å²) in [5.74, 6) is 1.79. The van der Waals surface area contributed by atoms with E-state index in [-0.39, 0.29) is 11.9 Å². The SMILES string of the molecule is COc1ccc(NC(=O)C(C)N2CCS(=O)CC2)c(N)c1. The Kier molecular flexibility index (Phi) is 5.19. The zero-order valence-corrected chi connectivity index (χ0v) is 13.1. The standard InChI is InChI=1S/C14H21N3O3S/c1-10(17-5-7-21(19)8-6-17)14(18)16-13-4-3-11(20-2)9-12(13)15/h3-4,9-10H,5-8,15H2,1-2H3,(H,16,18). The first kappa shape index (κ1) is 15.8. The van der Waals surface area contributed by atoms with Crippen molar-refractivity contribution >= 4 is 28.1 Å². The Balaban J connectivity index is 1.99. The average Bonchev–Trinajstić information content (AvgIpc) is 2.49. The molecule has 1 aromatic rings. The van der Waals surface area contributed by atoms with Crippen molar-refractivity contribution in [2.75, 3.05) is 42.8 Å². The molecule has 21 heavy (non-hydrogen) atoms. The lowest BCUT2D eigenvalue weighted by Crippen LogP contribution is -2.48. The zero-order valence-electron chi connectivity index (χ0n) is 12.3. The van der Waals surface area contributed by atoms with Crippen LogP contribution in [0.4, 0.5) is 11.4 Å². The van der Waals surface area contributed by atoms with Gasteiger partial charge in [-0.3, -0.25) is 13.9 Å². The fraction of sp³-hybridized carbons (Fsp3) is 0.500. The van der Waals surface area contributed by atoms with Gasteiger partial charge < -0.3 is 15.8 Å². The average molecular weight is 311 g/mol. The molecule has 1 amide bonds. The van der Waals surface area contributed by atoms with Crippen molar-refractivity contribution in [1.29, 1.82) is 0 Å². The number of nitrogens with one attached hydrogen (secondary N) is 1. The number of hydrogen-bond acceptors (Lipinski definition) is 5. The summed E-state index contributed by atoms with van der Waals surface area (Å²) in [5, 5.41) is 2.83. The van der Waals surface area contributed by atoms with E-state index in [1.165, 1.54) is 0 Å². The number of benzene rings is 1. The van der Waals surface area contributed by atoms with Crippen molar-refractivity contribution in [1.82, 2.24) is 4.90 Å². The molecule has 1 aromatic carbocycles. The van der Waals surface area contributed by atoms with E-state index in [0.717, 1.165) is 0 Å². The van der Waals surface area contributed by atoms with Crippen molar-refractivity contribution in [3.63, 3.8) is 0 Å². The van der Waals surface area contributed by atoms with Crippen LogP contribution in [0.1, 0.15) is 6.92 Å². The Morgan fingerprint density at radius 2 is 2.10 bits per heavy atom. The van der Waals surface area contributed by atoms with Crippen molar-refractivity contribution in [3.05, 3.63) is 18.2 Å². The summed E-state index contributed by atoms with van der Waals surface area (Å²) in [6.45, 7) is 3.21. The molecule has 2 rings (SSSR count). The van der Waals surface area contributed by atoms with Gasteiger partial charge in [0.05, 0.1) is 24.5 Å². The molecular weight excluding hydrogens is 290 g/mol. The molecule has 1 aliphatic heterocycles. The van der Waals surface area contributed by atoms with Gasteiger partial charge in [-0.15, -0.1) is 0 Å². The lowest BCUT2D eigenvalue weighted by molar-refractivity contribution is -0.120. The van der Waals surface area contributed by atoms with Crippen molar-refractivity contribution < 1.29 is 13.7 Å². The van der Waals surface area contributed by atoms with Crippen LogP contribution in [0.2, 0.25) is 0 Å². The Hall–Kier alpha value is -1.60. The minimum atomic E-state index is -0.743. The molecule has 1 unspecified atom stereocenters. The van der Waals surface area contributed by atoms with Gasteiger partial charge in [-0.25, -0.2) is 0 Å². The first-order chi connectivity index (χ1) is 10.0. The first-order valence-electron chi connectivity index (χ1n) is 6.84. The molecule has 1 heterocycles. The van der Waals surface area contributed by atoms with Crippen LogP contribution in [-0.2, 0) is 15.6 Å². The van der Waals surface area contributed by atoms with E-state index >= 15 is 0 Å². The van der Waals surface area contributed by atoms with Crippen LogP contribution in [-0.4, -0.2) is 52.8 Å². The number of nitrogens with zero attached hydrogens (tertiary/aromatic N) is 1. The molecule has 1 atom stereocenters. The van der Waals surface area contributed by atoms with E-state index < -0.39 is 10.8 Å². The Morgan fingerprint density at radius 1 is 1.43 bits per heavy atom. The van der Waals surface area contributed by atoms with Gasteiger partial charge in [0.15, 0.2) is 0 Å². The van der Waals surface area contributed by atoms with Gasteiger partial charge >= 0.3 is 0 Å². The molecular formula is C14H21N3O3S. The number of nitrogens with two attached hydrogens (primary N) is 1. The van der Waals surface area contributed by atoms with Crippen molar-refractivity contribution in [2.45, 2.75) is 13.0 Å². The molecule has 6 nitrogen and oxygen atoms in total. The Labute approximate surface area is 127 Å². The summed E-state index contributed by atoms with van der Waals surface area (Å²) in [4.78, 5) is 14.3. The lowest BCUT2D eigenvalue weighted by Gasteiger charge is -2.31. The first-order valence-corrected chi connectivity index (χ1v) is 8.33. The van der Waals surface area contributed by atoms with E-state index in [1.54, 1.807) is 25.3 Å². The number of methoxy groups -OCH3 is 1. The van der Waals surface area contributed by atoms with Gasteiger partial charge in [0.1, 0.15) is 5.75 Å². The molecule has 7 heteroatoms. The Morgan fingerprint density at radius 3 is 2.67 bits per heavy atom. The van der Waals surface area contributed by atoms with Gasteiger partial charge in [-0.1, -0.05) is 0 Å². The van der Waals surface area contributed by atoms with E-state index in [0.29, 0.717) is 41.7 Å². The quantitative estimate of drug-likeness (QED) is 0.798. The van der Waals surface area contributed by atoms with Gasteiger partial charge in [-0.05, 0) is 19.1 Å². The molecule has 3 N–H and O–H groups in total. The summed E-state index contributed by atoms with van der Waals surface area (Å²) in [6.07, 6.45) is 0. The number of ether oxygens (including phenoxy) is 1. The number of carbonyl (C=O) groups excluding carboxylic acids is 1. The van der Waals surface area contributed by atoms with E-state index in [4.69, 9.17) is 10.5 Å². The lowest BCUT2D eigenvalue weighted by atomic mass is 10.2. The highest BCUT2D eigenvalue weighted by atomic mass is 32.2. The molecule has 1 fully saturated rings. The highest BCUT2D eigenvalue weighted by Crippen LogP contribution is 2.24. The maximum absolute atomic E-state index is 12.3. The molecule has 0 radical (unpaired) electrons. The van der Waals surface area contributed by atoms with Gasteiger partial charge in [0.25, 0.3) is 0 Å². The number of hydrogen-bond donors (Lipinski definition) is 2. The minimum absolute atomic E-state index is 0.112. The van der Waals surface area contributed by atoms with Crippen LogP contribution >= 0.6 is 0 Å². The second kappa shape index (κ2) is 6.91. The topological polar surface area (TPSA) is 84.7 Å². The predicted octanol–water partition coefficient (Wildman–Crippen LogP) is 0.669. The molecule has 0 saturated carbocycles. The van der Waals surface area contributed by atoms with Crippen LogP contribution in [0.25, 0.3) is 0 Å². The second-order valence-corrected chi connectivity index (χ2v) is 6.70. The van der Waals surface area contributed by atoms with Crippen LogP contribution in [0.3, 0.4) is 0 Å². The largest absolute Gasteiger partial charge is 0.497 e. The molecule has 0 aliphatic carbocycles. The molecule has 0 spiro atoms. The third-order valence-corrected chi connectivity index (χ3v) is 4.93. The summed E-state index contributed by atoms with van der Waals surface area (Å²) in [7, 11) is 0.822. The molecule has 0 bridgehead atoms. The molecule has 1 saturated heterocycles. The maximum Gasteiger partial charge on any atom is 0.241 e. The van der Waals surface area contributed by atoms with Crippen LogP contribution in [0, 0.1) is 0 Å². The highest BCUT2D eigenvalue weighted by molar-refractivity contribution is 7.85. The normalized spacial score (nSPS) is 18.2. The van der Waals surface area contributed by atoms with Crippen LogP contribution in [0.5, 0.6) is 5.75 Å². The molecule has 116 valence electrons. The van der Waals surface area contributed by atoms with Crippen molar-refractivity contribution in [3.8, 4) is 5.75 Å². The molecule has 1 aliphatic rings. The van der Waals surface area contributed by atoms with Gasteiger partial charge in [0, 0.05) is 41.5 Å². The van der Waals surface area contributed by atoms with E-state index in [1.807, 2.05) is 11.8 Å². The minimum Gasteiger partial charge on any atom is -0.497 e. The second-order valence-electron chi connectivity index (χ2n) is 5.00. The molecule has 0 aromatic heterocycles. The van der Waals surface area contributed by atoms with Crippen LogP contribution in [0.15, 0.2) is 18.2 Å². The number of anilines is 2. The number of rotatable bonds is 4. The highest BCUT2D eigenvalue weighted by Gasteiger charge is 2.25. The third kappa shape index (κ3) is 3.95. The van der Waals surface area contributed by atoms with Gasteiger partial charge in [-0.2, -0.15) is 0 Å². The van der Waals surface area contributed by atoms with E-state index in [2.05, 4.69) is 5.32 Å². The summed E-state index contributed by atoms with van der Waals surface area (Å²) < 4.78 is 16.4. The summed E-state index contributed by atoms with van der Waals surface area (Å²) in [6, 6.07) is 4.87. The monoisotopic (exact) mass is 311 g/mol. The predicted molar refractivity (Wildman–Crippen MR) is 84.9 cm³/mol. The Bertz CT molecular complexity index is 540. The number of carbonyl (C=O) groups is 1. The van der Waals surface area contributed by atoms with Crippen molar-refractivity contribution in [2.24, 2.45) is 0 Å². The smallest absolute Gasteiger partial charge is 0.241 e. The number of amides is 1. The fourth-order valence-electron chi connectivity index (χ4n) is 2.22. The zero-order chi connectivity index (χ0) is 15.4. The maximum atomic E-state index is 12.3. The third-order valence-electron chi connectivity index (χ3n) is 3.66. The van der Waals surface area contributed by atoms with E-state index in [9.17, 15) is 9.00 Å². The summed E-state index contributed by atoms with van der Waals surface area (Å²) >= 11 is 0. The summed E-state index contributed by atoms with van der Waals surface area (Å²) in [5.41, 5.74) is 6.94. The fourth-order valence-corrected chi connectivity index (χ4v) is 3.30. The van der Waals surface area contributed by atoms with Gasteiger partial charge in [0.2, 0.25) is 5.91 Å².